The van der Waals surface area contributed by atoms with Crippen LogP contribution in [-0.4, -0.2) is 24.6 Å². The minimum Gasteiger partial charge on any atom is -0.465 e. The molecule has 0 fully saturated rings. The maximum absolute atomic E-state index is 13.1. The Morgan fingerprint density at radius 1 is 1.31 bits per heavy atom. The number of carbonyl (C=O) groups excluding carboxylic acids is 1. The normalized spacial score (nSPS) is 18.5. The summed E-state index contributed by atoms with van der Waals surface area (Å²) < 4.78 is 44.2. The van der Waals surface area contributed by atoms with Gasteiger partial charge in [0.05, 0.1) is 12.7 Å². The third-order valence-corrected chi connectivity index (χ3v) is 4.96. The number of methoxy groups -OCH3 is 1. The fourth-order valence-corrected chi connectivity index (χ4v) is 3.71. The van der Waals surface area contributed by atoms with Crippen molar-refractivity contribution < 1.29 is 22.7 Å². The van der Waals surface area contributed by atoms with Crippen LogP contribution in [0.1, 0.15) is 34.3 Å². The molecule has 0 radical (unpaired) electrons. The van der Waals surface area contributed by atoms with Gasteiger partial charge in [0.2, 0.25) is 0 Å². The van der Waals surface area contributed by atoms with Gasteiger partial charge in [0.1, 0.15) is 5.56 Å². The van der Waals surface area contributed by atoms with E-state index in [1.807, 2.05) is 18.2 Å². The molecule has 1 atom stereocenters. The highest BCUT2D eigenvalue weighted by molar-refractivity contribution is 5.98. The number of aromatic amines is 1. The SMILES string of the molecule is COC(=O)c1c(C2(CCN)C=CC=CC2)c2ccc(C(F)(F)F)cc2[nH]c1=O.Cl. The maximum atomic E-state index is 13.1. The topological polar surface area (TPSA) is 85.2 Å². The van der Waals surface area contributed by atoms with Gasteiger partial charge in [0.15, 0.2) is 0 Å². The number of nitrogens with two attached hydrogens (primary N) is 1. The molecule has 0 saturated carbocycles. The number of alkyl halides is 3. The van der Waals surface area contributed by atoms with Gasteiger partial charge in [0, 0.05) is 16.3 Å². The summed E-state index contributed by atoms with van der Waals surface area (Å²) in [5.41, 5.74) is 3.41. The summed E-state index contributed by atoms with van der Waals surface area (Å²) in [6.07, 6.45) is 3.59. The van der Waals surface area contributed by atoms with Gasteiger partial charge in [-0.3, -0.25) is 4.79 Å². The van der Waals surface area contributed by atoms with Crippen LogP contribution < -0.4 is 11.3 Å². The third kappa shape index (κ3) is 4.09. The Labute approximate surface area is 170 Å². The second kappa shape index (κ2) is 8.42. The van der Waals surface area contributed by atoms with Crippen molar-refractivity contribution in [2.45, 2.75) is 24.4 Å². The summed E-state index contributed by atoms with van der Waals surface area (Å²) >= 11 is 0. The molecule has 3 N–H and O–H groups in total. The molecule has 0 aliphatic heterocycles. The molecule has 9 heteroatoms. The molecule has 0 spiro atoms. The van der Waals surface area contributed by atoms with E-state index < -0.39 is 28.7 Å². The minimum atomic E-state index is -4.56. The summed E-state index contributed by atoms with van der Waals surface area (Å²) in [6.45, 7) is 0.258. The summed E-state index contributed by atoms with van der Waals surface area (Å²) in [7, 11) is 1.15. The number of halogens is 4. The monoisotopic (exact) mass is 428 g/mol. The van der Waals surface area contributed by atoms with E-state index in [0.29, 0.717) is 23.8 Å². The molecule has 1 aromatic heterocycles. The Morgan fingerprint density at radius 2 is 2.03 bits per heavy atom. The molecule has 2 aromatic rings. The lowest BCUT2D eigenvalue weighted by molar-refractivity contribution is -0.137. The first-order valence-corrected chi connectivity index (χ1v) is 8.64. The van der Waals surface area contributed by atoms with Crippen molar-refractivity contribution in [1.82, 2.24) is 4.98 Å². The molecule has 5 nitrogen and oxygen atoms in total. The van der Waals surface area contributed by atoms with E-state index in [0.717, 1.165) is 19.2 Å². The number of fused-ring (bicyclic) bond motifs is 1. The zero-order valence-electron chi connectivity index (χ0n) is 15.5. The van der Waals surface area contributed by atoms with Gasteiger partial charge in [-0.25, -0.2) is 4.79 Å². The Morgan fingerprint density at radius 3 is 2.59 bits per heavy atom. The van der Waals surface area contributed by atoms with Gasteiger partial charge < -0.3 is 15.5 Å². The Balaban J connectivity index is 0.00000300. The minimum absolute atomic E-state index is 0. The number of carbonyl (C=O) groups is 1. The molecule has 0 bridgehead atoms. The predicted octanol–water partition coefficient (Wildman–Crippen LogP) is 3.86. The van der Waals surface area contributed by atoms with Crippen molar-refractivity contribution >= 4 is 29.3 Å². The smallest absolute Gasteiger partial charge is 0.416 e. The molecule has 0 amide bonds. The van der Waals surface area contributed by atoms with Gasteiger partial charge >= 0.3 is 12.1 Å². The van der Waals surface area contributed by atoms with Crippen LogP contribution in [0.2, 0.25) is 0 Å². The largest absolute Gasteiger partial charge is 0.465 e. The first kappa shape index (κ1) is 22.7. The number of rotatable bonds is 4. The van der Waals surface area contributed by atoms with Crippen LogP contribution in [0.5, 0.6) is 0 Å². The van der Waals surface area contributed by atoms with Crippen molar-refractivity contribution in [1.29, 1.82) is 0 Å². The van der Waals surface area contributed by atoms with E-state index in [9.17, 15) is 22.8 Å². The summed E-state index contributed by atoms with van der Waals surface area (Å²) in [4.78, 5) is 27.5. The number of allylic oxidation sites excluding steroid dienone is 4. The van der Waals surface area contributed by atoms with Gasteiger partial charge in [-0.15, -0.1) is 12.4 Å². The average molecular weight is 429 g/mol. The Bertz CT molecular complexity index is 1040. The molecule has 1 aliphatic rings. The van der Waals surface area contributed by atoms with Crippen LogP contribution >= 0.6 is 12.4 Å². The number of pyridine rings is 1. The van der Waals surface area contributed by atoms with Crippen LogP contribution in [0.25, 0.3) is 10.9 Å². The number of ether oxygens (including phenoxy) is 1. The Kier molecular flexibility index (Phi) is 6.60. The number of hydrogen-bond acceptors (Lipinski definition) is 4. The van der Waals surface area contributed by atoms with E-state index in [-0.39, 0.29) is 30.0 Å². The second-order valence-corrected chi connectivity index (χ2v) is 6.64. The van der Waals surface area contributed by atoms with Gasteiger partial charge in [-0.1, -0.05) is 30.4 Å². The molecule has 1 unspecified atom stereocenters. The molecule has 1 aromatic carbocycles. The molecule has 1 aliphatic carbocycles. The number of H-pyrrole nitrogens is 1. The quantitative estimate of drug-likeness (QED) is 0.724. The number of nitrogens with one attached hydrogen (secondary N) is 1. The number of hydrogen-bond donors (Lipinski definition) is 2. The highest BCUT2D eigenvalue weighted by Crippen LogP contribution is 2.41. The van der Waals surface area contributed by atoms with E-state index in [1.165, 1.54) is 6.07 Å². The molecule has 3 rings (SSSR count). The maximum Gasteiger partial charge on any atom is 0.416 e. The van der Waals surface area contributed by atoms with Crippen molar-refractivity contribution in [3.05, 3.63) is 69.5 Å². The fourth-order valence-electron chi connectivity index (χ4n) is 3.71. The lowest BCUT2D eigenvalue weighted by Crippen LogP contribution is -2.34. The standard InChI is InChI=1S/C20H19F3N2O3.ClH/c1-28-18(27)15-16(19(9-10-24)7-3-2-4-8-19)13-6-5-12(20(21,22)23)11-14(13)25-17(15)26;/h2-7,11H,8-10,24H2,1H3,(H,25,26);1H. The molecule has 0 saturated heterocycles. The molecule has 1 heterocycles. The summed E-state index contributed by atoms with van der Waals surface area (Å²) in [5.74, 6) is -0.850. The first-order valence-electron chi connectivity index (χ1n) is 8.64. The zero-order valence-corrected chi connectivity index (χ0v) is 16.3. The Hall–Kier alpha value is -2.58. The van der Waals surface area contributed by atoms with Crippen LogP contribution in [0.4, 0.5) is 13.2 Å². The van der Waals surface area contributed by atoms with E-state index >= 15 is 0 Å². The van der Waals surface area contributed by atoms with Crippen LogP contribution in [0, 0.1) is 0 Å². The highest BCUT2D eigenvalue weighted by atomic mass is 35.5. The number of esters is 1. The first-order chi connectivity index (χ1) is 13.2. The molecule has 29 heavy (non-hydrogen) atoms. The van der Waals surface area contributed by atoms with E-state index in [2.05, 4.69) is 4.98 Å². The molecule has 156 valence electrons. The van der Waals surface area contributed by atoms with Crippen LogP contribution in [0.15, 0.2) is 47.3 Å². The van der Waals surface area contributed by atoms with Crippen LogP contribution in [-0.2, 0) is 16.3 Å². The van der Waals surface area contributed by atoms with Gasteiger partial charge in [-0.05, 0) is 37.1 Å². The van der Waals surface area contributed by atoms with Crippen molar-refractivity contribution in [2.24, 2.45) is 5.73 Å². The lowest BCUT2D eigenvalue weighted by Gasteiger charge is -2.34. The summed E-state index contributed by atoms with van der Waals surface area (Å²) in [6, 6.07) is 3.09. The number of benzene rings is 1. The van der Waals surface area contributed by atoms with Crippen molar-refractivity contribution in [3.8, 4) is 0 Å². The lowest BCUT2D eigenvalue weighted by atomic mass is 9.70. The van der Waals surface area contributed by atoms with Crippen LogP contribution in [0.3, 0.4) is 0 Å². The average Bonchev–Trinajstić information content (AvgIpc) is 2.66. The van der Waals surface area contributed by atoms with E-state index in [4.69, 9.17) is 10.5 Å². The number of aromatic nitrogens is 1. The zero-order chi connectivity index (χ0) is 20.5. The molecular formula is C20H20ClF3N2O3. The van der Waals surface area contributed by atoms with Gasteiger partial charge in [-0.2, -0.15) is 13.2 Å². The summed E-state index contributed by atoms with van der Waals surface area (Å²) in [5, 5.41) is 0.349. The molecular weight excluding hydrogens is 409 g/mol. The second-order valence-electron chi connectivity index (χ2n) is 6.64. The highest BCUT2D eigenvalue weighted by Gasteiger charge is 2.37. The predicted molar refractivity (Wildman–Crippen MR) is 106 cm³/mol. The van der Waals surface area contributed by atoms with E-state index in [1.54, 1.807) is 6.08 Å². The van der Waals surface area contributed by atoms with Crippen molar-refractivity contribution in [3.63, 3.8) is 0 Å². The third-order valence-electron chi connectivity index (χ3n) is 4.96. The fraction of sp³-hybridized carbons (Fsp3) is 0.300. The van der Waals surface area contributed by atoms with Crippen molar-refractivity contribution in [2.75, 3.05) is 13.7 Å². The van der Waals surface area contributed by atoms with Gasteiger partial charge in [0.25, 0.3) is 5.56 Å².